The van der Waals surface area contributed by atoms with Crippen molar-refractivity contribution in [2.45, 2.75) is 13.3 Å². The van der Waals surface area contributed by atoms with Gasteiger partial charge >= 0.3 is 0 Å². The molecule has 1 aliphatic carbocycles. The SMILES string of the molecule is CC1CC1CNc1ncncc1Cl. The lowest BCUT2D eigenvalue weighted by Gasteiger charge is -2.04. The van der Waals surface area contributed by atoms with E-state index >= 15 is 0 Å². The van der Waals surface area contributed by atoms with Gasteiger partial charge in [-0.2, -0.15) is 0 Å². The third-order valence-electron chi connectivity index (χ3n) is 2.48. The number of aromatic nitrogens is 2. The molecule has 0 saturated heterocycles. The Morgan fingerprint density at radius 1 is 1.69 bits per heavy atom. The van der Waals surface area contributed by atoms with E-state index in [2.05, 4.69) is 22.2 Å². The minimum absolute atomic E-state index is 0.593. The van der Waals surface area contributed by atoms with Crippen molar-refractivity contribution in [3.05, 3.63) is 17.5 Å². The van der Waals surface area contributed by atoms with Crippen molar-refractivity contribution < 1.29 is 0 Å². The number of anilines is 1. The average Bonchev–Trinajstić information content (AvgIpc) is 2.81. The minimum Gasteiger partial charge on any atom is -0.368 e. The van der Waals surface area contributed by atoms with Crippen LogP contribution in [-0.2, 0) is 0 Å². The van der Waals surface area contributed by atoms with Crippen LogP contribution in [0.1, 0.15) is 13.3 Å². The number of hydrogen-bond acceptors (Lipinski definition) is 3. The van der Waals surface area contributed by atoms with Gasteiger partial charge in [0.25, 0.3) is 0 Å². The highest BCUT2D eigenvalue weighted by Gasteiger charge is 2.32. The summed E-state index contributed by atoms with van der Waals surface area (Å²) >= 11 is 5.88. The van der Waals surface area contributed by atoms with Crippen LogP contribution < -0.4 is 5.32 Å². The van der Waals surface area contributed by atoms with E-state index in [0.29, 0.717) is 5.02 Å². The van der Waals surface area contributed by atoms with Gasteiger partial charge in [-0.15, -0.1) is 0 Å². The summed E-state index contributed by atoms with van der Waals surface area (Å²) in [5, 5.41) is 3.82. The fourth-order valence-corrected chi connectivity index (χ4v) is 1.53. The maximum absolute atomic E-state index is 5.88. The van der Waals surface area contributed by atoms with Crippen molar-refractivity contribution in [3.63, 3.8) is 0 Å². The number of halogens is 1. The lowest BCUT2D eigenvalue weighted by atomic mass is 10.3. The van der Waals surface area contributed by atoms with Gasteiger partial charge in [-0.1, -0.05) is 18.5 Å². The first-order valence-corrected chi connectivity index (χ1v) is 4.84. The lowest BCUT2D eigenvalue weighted by Crippen LogP contribution is -2.06. The third kappa shape index (κ3) is 2.10. The average molecular weight is 198 g/mol. The van der Waals surface area contributed by atoms with Crippen LogP contribution in [0.4, 0.5) is 5.82 Å². The van der Waals surface area contributed by atoms with Gasteiger partial charge in [0, 0.05) is 6.54 Å². The van der Waals surface area contributed by atoms with Crippen LogP contribution in [-0.4, -0.2) is 16.5 Å². The van der Waals surface area contributed by atoms with Crippen molar-refractivity contribution in [1.82, 2.24) is 9.97 Å². The van der Waals surface area contributed by atoms with Gasteiger partial charge < -0.3 is 5.32 Å². The number of nitrogens with one attached hydrogen (secondary N) is 1. The zero-order valence-electron chi connectivity index (χ0n) is 7.50. The van der Waals surface area contributed by atoms with Crippen molar-refractivity contribution in [3.8, 4) is 0 Å². The molecule has 1 heterocycles. The molecule has 2 atom stereocenters. The zero-order chi connectivity index (χ0) is 9.26. The summed E-state index contributed by atoms with van der Waals surface area (Å²) in [4.78, 5) is 7.87. The molecular weight excluding hydrogens is 186 g/mol. The minimum atomic E-state index is 0.593. The highest BCUT2D eigenvalue weighted by atomic mass is 35.5. The molecule has 0 aromatic carbocycles. The van der Waals surface area contributed by atoms with Crippen LogP contribution in [0.25, 0.3) is 0 Å². The number of rotatable bonds is 3. The van der Waals surface area contributed by atoms with Crippen LogP contribution in [0.2, 0.25) is 5.02 Å². The molecule has 13 heavy (non-hydrogen) atoms. The van der Waals surface area contributed by atoms with E-state index in [4.69, 9.17) is 11.6 Å². The first kappa shape index (κ1) is 8.75. The standard InChI is InChI=1S/C9H12ClN3/c1-6-2-7(6)3-12-9-8(10)4-11-5-13-9/h4-7H,2-3H2,1H3,(H,11,12,13). The summed E-state index contributed by atoms with van der Waals surface area (Å²) < 4.78 is 0. The highest BCUT2D eigenvalue weighted by Crippen LogP contribution is 2.37. The van der Waals surface area contributed by atoms with Gasteiger partial charge in [-0.05, 0) is 18.3 Å². The second-order valence-electron chi connectivity index (χ2n) is 3.57. The second-order valence-corrected chi connectivity index (χ2v) is 3.98. The van der Waals surface area contributed by atoms with Gasteiger partial charge in [0.15, 0.2) is 0 Å². The van der Waals surface area contributed by atoms with Crippen molar-refractivity contribution in [1.29, 1.82) is 0 Å². The molecule has 70 valence electrons. The molecule has 1 aromatic rings. The fraction of sp³-hybridized carbons (Fsp3) is 0.556. The Kier molecular flexibility index (Phi) is 2.36. The van der Waals surface area contributed by atoms with Crippen molar-refractivity contribution in [2.24, 2.45) is 11.8 Å². The molecule has 2 unspecified atom stereocenters. The molecule has 1 aliphatic rings. The Hall–Kier alpha value is -0.830. The van der Waals surface area contributed by atoms with Gasteiger partial charge in [0.2, 0.25) is 0 Å². The Bertz CT molecular complexity index is 303. The van der Waals surface area contributed by atoms with Crippen LogP contribution in [0, 0.1) is 11.8 Å². The van der Waals surface area contributed by atoms with E-state index in [1.807, 2.05) is 0 Å². The van der Waals surface area contributed by atoms with Gasteiger partial charge in [-0.25, -0.2) is 9.97 Å². The number of hydrogen-bond donors (Lipinski definition) is 1. The van der Waals surface area contributed by atoms with Crippen molar-refractivity contribution >= 4 is 17.4 Å². The Morgan fingerprint density at radius 2 is 2.46 bits per heavy atom. The monoisotopic (exact) mass is 197 g/mol. The highest BCUT2D eigenvalue weighted by molar-refractivity contribution is 6.32. The largest absolute Gasteiger partial charge is 0.368 e. The summed E-state index contributed by atoms with van der Waals surface area (Å²) in [5.74, 6) is 2.40. The third-order valence-corrected chi connectivity index (χ3v) is 2.75. The summed E-state index contributed by atoms with van der Waals surface area (Å²) in [6.07, 6.45) is 4.42. The molecule has 0 aliphatic heterocycles. The predicted octanol–water partition coefficient (Wildman–Crippen LogP) is 2.20. The van der Waals surface area contributed by atoms with E-state index in [1.54, 1.807) is 6.20 Å². The van der Waals surface area contributed by atoms with E-state index in [1.165, 1.54) is 12.7 Å². The second kappa shape index (κ2) is 3.50. The summed E-state index contributed by atoms with van der Waals surface area (Å²) in [6, 6.07) is 0. The molecule has 0 radical (unpaired) electrons. The Labute approximate surface area is 82.5 Å². The number of nitrogens with zero attached hydrogens (tertiary/aromatic N) is 2. The topological polar surface area (TPSA) is 37.8 Å². The van der Waals surface area contributed by atoms with E-state index in [-0.39, 0.29) is 0 Å². The van der Waals surface area contributed by atoms with Gasteiger partial charge in [0.05, 0.1) is 6.20 Å². The molecule has 0 amide bonds. The molecule has 3 nitrogen and oxygen atoms in total. The van der Waals surface area contributed by atoms with Crippen LogP contribution in [0.15, 0.2) is 12.5 Å². The fourth-order valence-electron chi connectivity index (χ4n) is 1.35. The van der Waals surface area contributed by atoms with Gasteiger partial charge in [0.1, 0.15) is 17.2 Å². The maximum atomic E-state index is 5.88. The molecule has 2 rings (SSSR count). The Morgan fingerprint density at radius 3 is 3.08 bits per heavy atom. The molecule has 0 bridgehead atoms. The van der Waals surface area contributed by atoms with E-state index in [9.17, 15) is 0 Å². The van der Waals surface area contributed by atoms with E-state index < -0.39 is 0 Å². The summed E-state index contributed by atoms with van der Waals surface area (Å²) in [5.41, 5.74) is 0. The molecule has 0 spiro atoms. The van der Waals surface area contributed by atoms with E-state index in [0.717, 1.165) is 24.2 Å². The smallest absolute Gasteiger partial charge is 0.148 e. The first-order chi connectivity index (χ1) is 6.27. The molecule has 1 saturated carbocycles. The molecular formula is C9H12ClN3. The van der Waals surface area contributed by atoms with Crippen LogP contribution >= 0.6 is 11.6 Å². The zero-order valence-corrected chi connectivity index (χ0v) is 8.25. The first-order valence-electron chi connectivity index (χ1n) is 4.46. The maximum Gasteiger partial charge on any atom is 0.148 e. The van der Waals surface area contributed by atoms with Gasteiger partial charge in [-0.3, -0.25) is 0 Å². The van der Waals surface area contributed by atoms with Crippen LogP contribution in [0.5, 0.6) is 0 Å². The molecule has 1 aromatic heterocycles. The van der Waals surface area contributed by atoms with Crippen molar-refractivity contribution in [2.75, 3.05) is 11.9 Å². The Balaban J connectivity index is 1.90. The predicted molar refractivity (Wildman–Crippen MR) is 52.8 cm³/mol. The summed E-state index contributed by atoms with van der Waals surface area (Å²) in [6.45, 7) is 3.23. The lowest BCUT2D eigenvalue weighted by molar-refractivity contribution is 0.784. The van der Waals surface area contributed by atoms with Crippen LogP contribution in [0.3, 0.4) is 0 Å². The normalized spacial score (nSPS) is 25.7. The molecule has 1 fully saturated rings. The summed E-state index contributed by atoms with van der Waals surface area (Å²) in [7, 11) is 0. The molecule has 4 heteroatoms. The molecule has 1 N–H and O–H groups in total. The quantitative estimate of drug-likeness (QED) is 0.808.